The first kappa shape index (κ1) is 16.7. The lowest BCUT2D eigenvalue weighted by Gasteiger charge is -2.36. The van der Waals surface area contributed by atoms with Gasteiger partial charge in [0.25, 0.3) is 5.91 Å². The summed E-state index contributed by atoms with van der Waals surface area (Å²) in [4.78, 5) is 27.2. The van der Waals surface area contributed by atoms with Gasteiger partial charge in [-0.3, -0.25) is 14.5 Å². The number of hydrogen-bond acceptors (Lipinski definition) is 3. The van der Waals surface area contributed by atoms with Crippen molar-refractivity contribution in [2.45, 2.75) is 13.0 Å². The van der Waals surface area contributed by atoms with Gasteiger partial charge in [-0.05, 0) is 63.6 Å². The van der Waals surface area contributed by atoms with Crippen LogP contribution in [-0.4, -0.2) is 59.0 Å². The Bertz CT molecular complexity index is 559. The van der Waals surface area contributed by atoms with Crippen LogP contribution in [0, 0.1) is 3.57 Å². The van der Waals surface area contributed by atoms with Crippen LogP contribution in [0.5, 0.6) is 0 Å². The fourth-order valence-corrected chi connectivity index (χ4v) is 3.21. The maximum atomic E-state index is 12.5. The third kappa shape index (κ3) is 3.95. The monoisotopic (exact) mass is 466 g/mol. The molecule has 1 fully saturated rings. The van der Waals surface area contributed by atoms with Gasteiger partial charge in [-0.25, -0.2) is 0 Å². The zero-order valence-corrected chi connectivity index (χ0v) is 15.3. The molecule has 1 atom stereocenters. The molecule has 1 N–H and O–H groups in total. The van der Waals surface area contributed by atoms with Crippen LogP contribution < -0.4 is 0 Å². The molecule has 1 aliphatic rings. The van der Waals surface area contributed by atoms with Crippen LogP contribution in [0.1, 0.15) is 17.3 Å². The van der Waals surface area contributed by atoms with Crippen molar-refractivity contribution in [2.24, 2.45) is 0 Å². The molecule has 1 amide bonds. The van der Waals surface area contributed by atoms with Crippen LogP contribution in [0.15, 0.2) is 22.7 Å². The molecule has 0 aromatic heterocycles. The largest absolute Gasteiger partial charge is 0.480 e. The summed E-state index contributed by atoms with van der Waals surface area (Å²) in [5, 5.41) is 9.03. The van der Waals surface area contributed by atoms with Gasteiger partial charge < -0.3 is 10.0 Å². The van der Waals surface area contributed by atoms with E-state index in [-0.39, 0.29) is 5.91 Å². The molecule has 1 heterocycles. The van der Waals surface area contributed by atoms with Gasteiger partial charge in [0.1, 0.15) is 6.04 Å². The lowest BCUT2D eigenvalue weighted by atomic mass is 10.1. The van der Waals surface area contributed by atoms with Crippen molar-refractivity contribution in [2.75, 3.05) is 26.2 Å². The molecule has 1 aromatic carbocycles. The number of amides is 1. The normalized spacial score (nSPS) is 17.6. The standard InChI is InChI=1S/C14H16BrIN2O3/c1-9(14(20)21)17-4-6-18(7-5-17)13(19)11-8-10(16)2-3-12(11)15/h2-3,8-9H,4-7H2,1H3,(H,20,21). The number of aliphatic carboxylic acids is 1. The third-order valence-corrected chi connectivity index (χ3v) is 5.03. The second kappa shape index (κ2) is 7.06. The number of carbonyl (C=O) groups excluding carboxylic acids is 1. The van der Waals surface area contributed by atoms with E-state index in [4.69, 9.17) is 5.11 Å². The predicted molar refractivity (Wildman–Crippen MR) is 91.4 cm³/mol. The molecule has 114 valence electrons. The van der Waals surface area contributed by atoms with E-state index < -0.39 is 12.0 Å². The highest BCUT2D eigenvalue weighted by molar-refractivity contribution is 14.1. The highest BCUT2D eigenvalue weighted by Gasteiger charge is 2.28. The van der Waals surface area contributed by atoms with Crippen LogP contribution in [0.25, 0.3) is 0 Å². The van der Waals surface area contributed by atoms with Gasteiger partial charge in [0.15, 0.2) is 0 Å². The number of halogens is 2. The number of carboxylic acid groups (broad SMARTS) is 1. The Morgan fingerprint density at radius 3 is 2.48 bits per heavy atom. The fourth-order valence-electron chi connectivity index (χ4n) is 2.30. The van der Waals surface area contributed by atoms with Crippen LogP contribution in [-0.2, 0) is 4.79 Å². The number of nitrogens with zero attached hydrogens (tertiary/aromatic N) is 2. The van der Waals surface area contributed by atoms with E-state index in [2.05, 4.69) is 38.5 Å². The highest BCUT2D eigenvalue weighted by Crippen LogP contribution is 2.22. The van der Waals surface area contributed by atoms with Gasteiger partial charge in [0, 0.05) is 34.2 Å². The van der Waals surface area contributed by atoms with Gasteiger partial charge in [-0.1, -0.05) is 0 Å². The number of carbonyl (C=O) groups is 2. The van der Waals surface area contributed by atoms with E-state index in [9.17, 15) is 9.59 Å². The summed E-state index contributed by atoms with van der Waals surface area (Å²) >= 11 is 5.59. The molecule has 1 aromatic rings. The lowest BCUT2D eigenvalue weighted by molar-refractivity contribution is -0.143. The number of rotatable bonds is 3. The molecule has 21 heavy (non-hydrogen) atoms. The Balaban J connectivity index is 2.03. The lowest BCUT2D eigenvalue weighted by Crippen LogP contribution is -2.53. The Kier molecular flexibility index (Phi) is 5.61. The Hall–Kier alpha value is -0.670. The van der Waals surface area contributed by atoms with E-state index in [0.29, 0.717) is 31.7 Å². The minimum Gasteiger partial charge on any atom is -0.480 e. The first-order valence-electron chi connectivity index (χ1n) is 6.61. The average molecular weight is 467 g/mol. The molecule has 0 radical (unpaired) electrons. The van der Waals surface area contributed by atoms with Gasteiger partial charge >= 0.3 is 5.97 Å². The highest BCUT2D eigenvalue weighted by atomic mass is 127. The fraction of sp³-hybridized carbons (Fsp3) is 0.429. The summed E-state index contributed by atoms with van der Waals surface area (Å²) in [6, 6.07) is 5.16. The van der Waals surface area contributed by atoms with Crippen molar-refractivity contribution < 1.29 is 14.7 Å². The maximum Gasteiger partial charge on any atom is 0.320 e. The maximum absolute atomic E-state index is 12.5. The summed E-state index contributed by atoms with van der Waals surface area (Å²) in [7, 11) is 0. The zero-order chi connectivity index (χ0) is 15.6. The Labute approximate surface area is 145 Å². The summed E-state index contributed by atoms with van der Waals surface area (Å²) in [6.45, 7) is 3.94. The molecule has 5 nitrogen and oxygen atoms in total. The molecule has 2 rings (SSSR count). The van der Waals surface area contributed by atoms with E-state index >= 15 is 0 Å². The van der Waals surface area contributed by atoms with Crippen molar-refractivity contribution >= 4 is 50.4 Å². The second-order valence-electron chi connectivity index (χ2n) is 4.97. The van der Waals surface area contributed by atoms with Crippen molar-refractivity contribution in [1.82, 2.24) is 9.80 Å². The summed E-state index contributed by atoms with van der Waals surface area (Å²) < 4.78 is 1.80. The number of carboxylic acids is 1. The molecule has 0 aliphatic carbocycles. The van der Waals surface area contributed by atoms with Crippen LogP contribution in [0.4, 0.5) is 0 Å². The van der Waals surface area contributed by atoms with Crippen LogP contribution in [0.3, 0.4) is 0 Å². The van der Waals surface area contributed by atoms with E-state index in [1.54, 1.807) is 11.8 Å². The van der Waals surface area contributed by atoms with Crippen molar-refractivity contribution in [1.29, 1.82) is 0 Å². The van der Waals surface area contributed by atoms with Crippen molar-refractivity contribution in [3.8, 4) is 0 Å². The molecular weight excluding hydrogens is 451 g/mol. The summed E-state index contributed by atoms with van der Waals surface area (Å²) in [5.41, 5.74) is 0.654. The van der Waals surface area contributed by atoms with E-state index in [1.807, 2.05) is 23.1 Å². The quantitative estimate of drug-likeness (QED) is 0.694. The van der Waals surface area contributed by atoms with Crippen LogP contribution >= 0.6 is 38.5 Å². The first-order chi connectivity index (χ1) is 9.90. The SMILES string of the molecule is CC(C(=O)O)N1CCN(C(=O)c2cc(I)ccc2Br)CC1. The molecule has 1 aliphatic heterocycles. The van der Waals surface area contributed by atoms with E-state index in [0.717, 1.165) is 8.04 Å². The van der Waals surface area contributed by atoms with Crippen LogP contribution in [0.2, 0.25) is 0 Å². The summed E-state index contributed by atoms with van der Waals surface area (Å²) in [6.07, 6.45) is 0. The number of hydrogen-bond donors (Lipinski definition) is 1. The minimum atomic E-state index is -0.824. The number of benzene rings is 1. The molecule has 0 bridgehead atoms. The molecular formula is C14H16BrIN2O3. The van der Waals surface area contributed by atoms with Gasteiger partial charge in [-0.15, -0.1) is 0 Å². The molecule has 7 heteroatoms. The predicted octanol–water partition coefficient (Wildman–Crippen LogP) is 2.28. The minimum absolute atomic E-state index is 0.0111. The summed E-state index contributed by atoms with van der Waals surface area (Å²) in [5.74, 6) is -0.835. The van der Waals surface area contributed by atoms with Gasteiger partial charge in [-0.2, -0.15) is 0 Å². The van der Waals surface area contributed by atoms with Crippen molar-refractivity contribution in [3.05, 3.63) is 31.8 Å². The molecule has 1 saturated heterocycles. The van der Waals surface area contributed by atoms with E-state index in [1.165, 1.54) is 0 Å². The first-order valence-corrected chi connectivity index (χ1v) is 8.48. The molecule has 0 saturated carbocycles. The van der Waals surface area contributed by atoms with Gasteiger partial charge in [0.2, 0.25) is 0 Å². The Morgan fingerprint density at radius 1 is 1.29 bits per heavy atom. The zero-order valence-electron chi connectivity index (χ0n) is 11.6. The molecule has 1 unspecified atom stereocenters. The third-order valence-electron chi connectivity index (χ3n) is 3.67. The second-order valence-corrected chi connectivity index (χ2v) is 7.07. The molecule has 0 spiro atoms. The smallest absolute Gasteiger partial charge is 0.320 e. The van der Waals surface area contributed by atoms with Crippen molar-refractivity contribution in [3.63, 3.8) is 0 Å². The topological polar surface area (TPSA) is 60.9 Å². The van der Waals surface area contributed by atoms with Gasteiger partial charge in [0.05, 0.1) is 5.56 Å². The number of piperazine rings is 1. The average Bonchev–Trinajstić information content (AvgIpc) is 2.48. The Morgan fingerprint density at radius 2 is 1.90 bits per heavy atom.